The largest absolute Gasteiger partial charge is 0.534 e. The molecule has 0 unspecified atom stereocenters. The van der Waals surface area contributed by atoms with E-state index in [2.05, 4.69) is 13.7 Å². The lowest BCUT2D eigenvalue weighted by molar-refractivity contribution is -0.0500. The number of carbonyl (C=O) groups excluding carboxylic acids is 2. The molecule has 25 heavy (non-hydrogen) atoms. The highest BCUT2D eigenvalue weighted by Gasteiger charge is 2.49. The van der Waals surface area contributed by atoms with Crippen LogP contribution in [-0.4, -0.2) is 52.6 Å². The molecule has 0 radical (unpaired) electrons. The average molecular weight is 388 g/mol. The van der Waals surface area contributed by atoms with Gasteiger partial charge in [-0.15, -0.1) is 0 Å². The highest BCUT2D eigenvalue weighted by atomic mass is 32.2. The molecular formula is C13H15F3O8S. The Kier molecular flexibility index (Phi) is 7.86. The molecule has 8 nitrogen and oxygen atoms in total. The van der Waals surface area contributed by atoms with Crippen molar-refractivity contribution in [3.05, 3.63) is 22.8 Å². The number of phenols is 1. The Bertz CT molecular complexity index is 741. The number of ether oxygens (including phenoxy) is 2. The standard InChI is InChI=1S/C11H9F3O7S.C2H6O/c1-5-6(4-15)9(10(17)20-2)7(16)3-8(5)21-22(18,19)11(12,13)14;1-3-2/h3-4,16H,1-2H3;1-2H3. The molecule has 0 bridgehead atoms. The molecule has 12 heteroatoms. The maximum Gasteiger partial charge on any atom is 0.534 e. The van der Waals surface area contributed by atoms with Crippen LogP contribution in [0.2, 0.25) is 0 Å². The summed E-state index contributed by atoms with van der Waals surface area (Å²) in [5.41, 5.74) is -7.26. The van der Waals surface area contributed by atoms with Gasteiger partial charge in [-0.1, -0.05) is 0 Å². The summed E-state index contributed by atoms with van der Waals surface area (Å²) in [7, 11) is -1.80. The summed E-state index contributed by atoms with van der Waals surface area (Å²) in [5.74, 6) is -3.04. The zero-order chi connectivity index (χ0) is 20.0. The lowest BCUT2D eigenvalue weighted by Crippen LogP contribution is -2.28. The van der Waals surface area contributed by atoms with Crippen molar-refractivity contribution in [1.82, 2.24) is 0 Å². The molecule has 1 N–H and O–H groups in total. The number of hydrogen-bond donors (Lipinski definition) is 1. The molecule has 0 aliphatic heterocycles. The second-order valence-electron chi connectivity index (χ2n) is 4.31. The monoisotopic (exact) mass is 388 g/mol. The summed E-state index contributed by atoms with van der Waals surface area (Å²) in [4.78, 5) is 22.4. The molecule has 0 heterocycles. The second kappa shape index (κ2) is 8.67. The predicted octanol–water partition coefficient (Wildman–Crippen LogP) is 1.79. The van der Waals surface area contributed by atoms with Gasteiger partial charge in [0.2, 0.25) is 0 Å². The number of rotatable bonds is 4. The smallest absolute Gasteiger partial charge is 0.507 e. The predicted molar refractivity (Wildman–Crippen MR) is 78.1 cm³/mol. The van der Waals surface area contributed by atoms with Crippen molar-refractivity contribution in [1.29, 1.82) is 0 Å². The molecule has 0 amide bonds. The van der Waals surface area contributed by atoms with E-state index in [9.17, 15) is 36.3 Å². The molecule has 0 aromatic heterocycles. The zero-order valence-corrected chi connectivity index (χ0v) is 14.3. The van der Waals surface area contributed by atoms with E-state index < -0.39 is 44.2 Å². The Balaban J connectivity index is 0.00000178. The van der Waals surface area contributed by atoms with Gasteiger partial charge in [-0.3, -0.25) is 4.79 Å². The molecule has 1 aromatic rings. The van der Waals surface area contributed by atoms with E-state index >= 15 is 0 Å². The molecule has 0 atom stereocenters. The van der Waals surface area contributed by atoms with E-state index in [1.165, 1.54) is 0 Å². The first kappa shape index (κ1) is 22.7. The number of esters is 1. The number of phenolic OH excluding ortho intramolecular Hbond substituents is 1. The fourth-order valence-electron chi connectivity index (χ4n) is 1.48. The maximum absolute atomic E-state index is 12.3. The van der Waals surface area contributed by atoms with Crippen LogP contribution < -0.4 is 4.18 Å². The van der Waals surface area contributed by atoms with E-state index in [1.54, 1.807) is 14.2 Å². The van der Waals surface area contributed by atoms with Crippen LogP contribution in [0.4, 0.5) is 13.2 Å². The van der Waals surface area contributed by atoms with Gasteiger partial charge in [-0.25, -0.2) is 4.79 Å². The Labute approximate surface area is 141 Å². The summed E-state index contributed by atoms with van der Waals surface area (Å²) >= 11 is 0. The van der Waals surface area contributed by atoms with Crippen molar-refractivity contribution in [2.75, 3.05) is 21.3 Å². The van der Waals surface area contributed by atoms with E-state index in [-0.39, 0.29) is 11.8 Å². The van der Waals surface area contributed by atoms with Crippen molar-refractivity contribution < 1.29 is 49.9 Å². The third-order valence-corrected chi connectivity index (χ3v) is 3.52. The average Bonchev–Trinajstić information content (AvgIpc) is 2.48. The van der Waals surface area contributed by atoms with E-state index in [0.717, 1.165) is 14.0 Å². The van der Waals surface area contributed by atoms with Gasteiger partial charge in [0.05, 0.1) is 7.11 Å². The van der Waals surface area contributed by atoms with Crippen LogP contribution in [0, 0.1) is 6.92 Å². The summed E-state index contributed by atoms with van der Waals surface area (Å²) < 4.78 is 71.2. The first-order chi connectivity index (χ1) is 11.4. The van der Waals surface area contributed by atoms with Crippen molar-refractivity contribution >= 4 is 22.4 Å². The number of benzene rings is 1. The molecule has 0 fully saturated rings. The molecule has 0 aliphatic carbocycles. The van der Waals surface area contributed by atoms with Gasteiger partial charge >= 0.3 is 21.6 Å². The highest BCUT2D eigenvalue weighted by molar-refractivity contribution is 7.88. The maximum atomic E-state index is 12.3. The van der Waals surface area contributed by atoms with Crippen LogP contribution in [0.25, 0.3) is 0 Å². The van der Waals surface area contributed by atoms with E-state index in [1.807, 2.05) is 0 Å². The van der Waals surface area contributed by atoms with Crippen LogP contribution in [-0.2, 0) is 19.6 Å². The zero-order valence-electron chi connectivity index (χ0n) is 13.5. The minimum absolute atomic E-state index is 0.0500. The fourth-order valence-corrected chi connectivity index (χ4v) is 1.98. The van der Waals surface area contributed by atoms with Crippen LogP contribution in [0.1, 0.15) is 26.3 Å². The Morgan fingerprint density at radius 1 is 1.24 bits per heavy atom. The third kappa shape index (κ3) is 5.32. The van der Waals surface area contributed by atoms with Crippen molar-refractivity contribution in [3.63, 3.8) is 0 Å². The third-order valence-electron chi connectivity index (χ3n) is 2.56. The van der Waals surface area contributed by atoms with Crippen LogP contribution in [0.3, 0.4) is 0 Å². The summed E-state index contributed by atoms with van der Waals surface area (Å²) in [6.07, 6.45) is 0.0500. The van der Waals surface area contributed by atoms with Gasteiger partial charge < -0.3 is 18.8 Å². The molecule has 0 spiro atoms. The molecular weight excluding hydrogens is 373 g/mol. The highest BCUT2D eigenvalue weighted by Crippen LogP contribution is 2.35. The van der Waals surface area contributed by atoms with Gasteiger partial charge in [0.25, 0.3) is 0 Å². The van der Waals surface area contributed by atoms with Crippen LogP contribution >= 0.6 is 0 Å². The van der Waals surface area contributed by atoms with Crippen LogP contribution in [0.15, 0.2) is 6.07 Å². The first-order valence-electron chi connectivity index (χ1n) is 6.18. The molecule has 142 valence electrons. The Morgan fingerprint density at radius 3 is 2.08 bits per heavy atom. The minimum atomic E-state index is -6.00. The molecule has 0 saturated carbocycles. The Hall–Kier alpha value is -2.34. The number of aromatic hydroxyl groups is 1. The molecule has 0 aliphatic rings. The number of hydrogen-bond acceptors (Lipinski definition) is 8. The molecule has 1 aromatic carbocycles. The number of methoxy groups -OCH3 is 2. The first-order valence-corrected chi connectivity index (χ1v) is 7.59. The molecule has 1 rings (SSSR count). The van der Waals surface area contributed by atoms with Crippen molar-refractivity contribution in [3.8, 4) is 11.5 Å². The van der Waals surface area contributed by atoms with Crippen LogP contribution in [0.5, 0.6) is 11.5 Å². The lowest BCUT2D eigenvalue weighted by atomic mass is 10.0. The SMILES string of the molecule is COC.COC(=O)c1c(O)cc(OS(=O)(=O)C(F)(F)F)c(C)c1C=O. The Morgan fingerprint density at radius 2 is 1.72 bits per heavy atom. The number of carbonyl (C=O) groups is 2. The summed E-state index contributed by atoms with van der Waals surface area (Å²) in [6.45, 7) is 1.04. The van der Waals surface area contributed by atoms with Gasteiger partial charge in [-0.05, 0) is 6.92 Å². The van der Waals surface area contributed by atoms with Gasteiger partial charge in [0, 0.05) is 31.4 Å². The minimum Gasteiger partial charge on any atom is -0.507 e. The normalized spacial score (nSPS) is 11.2. The summed E-state index contributed by atoms with van der Waals surface area (Å²) in [5, 5.41) is 9.61. The van der Waals surface area contributed by atoms with Gasteiger partial charge in [0.15, 0.2) is 6.29 Å². The topological polar surface area (TPSA) is 116 Å². The number of aldehydes is 1. The lowest BCUT2D eigenvalue weighted by Gasteiger charge is -2.15. The summed E-state index contributed by atoms with van der Waals surface area (Å²) in [6, 6.07) is 0.470. The second-order valence-corrected chi connectivity index (χ2v) is 5.85. The molecule has 0 saturated heterocycles. The van der Waals surface area contributed by atoms with E-state index in [0.29, 0.717) is 6.07 Å². The van der Waals surface area contributed by atoms with E-state index in [4.69, 9.17) is 0 Å². The quantitative estimate of drug-likeness (QED) is 0.359. The van der Waals surface area contributed by atoms with Gasteiger partial charge in [-0.2, -0.15) is 21.6 Å². The fraction of sp³-hybridized carbons (Fsp3) is 0.385. The number of alkyl halides is 3. The van der Waals surface area contributed by atoms with Crippen molar-refractivity contribution in [2.45, 2.75) is 12.4 Å². The number of halogens is 3. The van der Waals surface area contributed by atoms with Crippen molar-refractivity contribution in [2.24, 2.45) is 0 Å². The van der Waals surface area contributed by atoms with Gasteiger partial charge in [0.1, 0.15) is 17.1 Å².